The third kappa shape index (κ3) is 4.09. The minimum absolute atomic E-state index is 0.0722. The van der Waals surface area contributed by atoms with Crippen LogP contribution in [-0.2, 0) is 9.59 Å². The molecule has 24 heavy (non-hydrogen) atoms. The molecular formula is C18H25FN2O2S. The number of nitrogens with zero attached hydrogens (tertiary/aromatic N) is 2. The molecule has 0 aliphatic carbocycles. The van der Waals surface area contributed by atoms with E-state index in [1.165, 1.54) is 12.1 Å². The van der Waals surface area contributed by atoms with Crippen LogP contribution in [-0.4, -0.2) is 46.5 Å². The van der Waals surface area contributed by atoms with Gasteiger partial charge in [-0.2, -0.15) is 0 Å². The molecule has 1 aromatic carbocycles. The van der Waals surface area contributed by atoms with Crippen molar-refractivity contribution in [3.8, 4) is 0 Å². The van der Waals surface area contributed by atoms with Crippen molar-refractivity contribution in [3.63, 3.8) is 0 Å². The summed E-state index contributed by atoms with van der Waals surface area (Å²) in [5.41, 5.74) is 0.926. The van der Waals surface area contributed by atoms with E-state index in [1.54, 1.807) is 28.8 Å². The summed E-state index contributed by atoms with van der Waals surface area (Å²) in [6.07, 6.45) is 1.23. The maximum absolute atomic E-state index is 13.2. The molecule has 4 nitrogen and oxygen atoms in total. The number of rotatable bonds is 7. The molecule has 0 aromatic heterocycles. The monoisotopic (exact) mass is 352 g/mol. The van der Waals surface area contributed by atoms with E-state index in [4.69, 9.17) is 0 Å². The second-order valence-corrected chi connectivity index (χ2v) is 7.08. The molecular weight excluding hydrogens is 327 g/mol. The van der Waals surface area contributed by atoms with E-state index in [-0.39, 0.29) is 28.3 Å². The number of hydrogen-bond donors (Lipinski definition) is 0. The van der Waals surface area contributed by atoms with Gasteiger partial charge in [-0.3, -0.25) is 9.59 Å². The summed E-state index contributed by atoms with van der Waals surface area (Å²) in [5, 5.41) is -0.185. The van der Waals surface area contributed by atoms with Crippen LogP contribution in [0.1, 0.15) is 44.6 Å². The first-order valence-electron chi connectivity index (χ1n) is 8.50. The Hall–Kier alpha value is -1.56. The maximum atomic E-state index is 13.2. The van der Waals surface area contributed by atoms with E-state index >= 15 is 0 Å². The molecule has 1 aliphatic rings. The highest BCUT2D eigenvalue weighted by atomic mass is 32.2. The zero-order chi connectivity index (χ0) is 17.7. The Morgan fingerprint density at radius 3 is 2.46 bits per heavy atom. The van der Waals surface area contributed by atoms with E-state index in [0.717, 1.165) is 12.0 Å². The third-order valence-electron chi connectivity index (χ3n) is 4.31. The van der Waals surface area contributed by atoms with Crippen molar-refractivity contribution in [2.24, 2.45) is 0 Å². The number of benzene rings is 1. The number of amides is 2. The molecule has 6 heteroatoms. The van der Waals surface area contributed by atoms with Crippen LogP contribution in [0.3, 0.4) is 0 Å². The number of thioether (sulfide) groups is 1. The maximum Gasteiger partial charge on any atom is 0.237 e. The van der Waals surface area contributed by atoms with Crippen molar-refractivity contribution in [1.82, 2.24) is 9.80 Å². The van der Waals surface area contributed by atoms with Gasteiger partial charge in [0.2, 0.25) is 11.8 Å². The van der Waals surface area contributed by atoms with Crippen LogP contribution in [0.2, 0.25) is 0 Å². The van der Waals surface area contributed by atoms with E-state index in [1.807, 2.05) is 25.7 Å². The van der Waals surface area contributed by atoms with Gasteiger partial charge in [-0.05, 0) is 31.0 Å². The molecule has 0 unspecified atom stereocenters. The van der Waals surface area contributed by atoms with Gasteiger partial charge in [-0.15, -0.1) is 11.8 Å². The van der Waals surface area contributed by atoms with Crippen LogP contribution in [0.15, 0.2) is 24.3 Å². The SMILES string of the molecule is CCC(=O)N(CC)CCN1C(=O)[C@@H](CC)S[C@H]1c1ccc(F)cc1. The van der Waals surface area contributed by atoms with Crippen molar-refractivity contribution in [1.29, 1.82) is 0 Å². The summed E-state index contributed by atoms with van der Waals surface area (Å²) in [5.74, 6) is -0.0728. The average molecular weight is 352 g/mol. The van der Waals surface area contributed by atoms with Crippen molar-refractivity contribution in [3.05, 3.63) is 35.6 Å². The lowest BCUT2D eigenvalue weighted by atomic mass is 10.2. The summed E-state index contributed by atoms with van der Waals surface area (Å²) >= 11 is 1.61. The topological polar surface area (TPSA) is 40.6 Å². The molecule has 132 valence electrons. The second kappa shape index (κ2) is 8.51. The number of carbonyl (C=O) groups is 2. The Labute approximate surface area is 147 Å². The highest BCUT2D eigenvalue weighted by Crippen LogP contribution is 2.43. The Morgan fingerprint density at radius 2 is 1.92 bits per heavy atom. The fourth-order valence-corrected chi connectivity index (χ4v) is 4.31. The average Bonchev–Trinajstić information content (AvgIpc) is 2.92. The fourth-order valence-electron chi connectivity index (χ4n) is 2.88. The number of carbonyl (C=O) groups excluding carboxylic acids is 2. The third-order valence-corrected chi connectivity index (χ3v) is 5.96. The van der Waals surface area contributed by atoms with Crippen molar-refractivity contribution < 1.29 is 14.0 Å². The lowest BCUT2D eigenvalue weighted by molar-refractivity contribution is -0.134. The lowest BCUT2D eigenvalue weighted by Gasteiger charge is -2.28. The highest BCUT2D eigenvalue weighted by Gasteiger charge is 2.39. The number of hydrogen-bond acceptors (Lipinski definition) is 3. The van der Waals surface area contributed by atoms with Gasteiger partial charge in [-0.25, -0.2) is 4.39 Å². The minimum Gasteiger partial charge on any atom is -0.341 e. The van der Waals surface area contributed by atoms with Crippen LogP contribution in [0.25, 0.3) is 0 Å². The smallest absolute Gasteiger partial charge is 0.237 e. The molecule has 1 heterocycles. The fraction of sp³-hybridized carbons (Fsp3) is 0.556. The largest absolute Gasteiger partial charge is 0.341 e. The van der Waals surface area contributed by atoms with Crippen molar-refractivity contribution in [2.75, 3.05) is 19.6 Å². The molecule has 0 spiro atoms. The first-order valence-corrected chi connectivity index (χ1v) is 9.45. The van der Waals surface area contributed by atoms with Gasteiger partial charge in [0.05, 0.1) is 5.25 Å². The summed E-state index contributed by atoms with van der Waals surface area (Å²) in [6.45, 7) is 7.46. The van der Waals surface area contributed by atoms with Crippen molar-refractivity contribution in [2.45, 2.75) is 44.2 Å². The van der Waals surface area contributed by atoms with Crippen LogP contribution in [0.5, 0.6) is 0 Å². The first kappa shape index (κ1) is 18.8. The van der Waals surface area contributed by atoms with Gasteiger partial charge >= 0.3 is 0 Å². The summed E-state index contributed by atoms with van der Waals surface area (Å²) < 4.78 is 13.2. The first-order chi connectivity index (χ1) is 11.5. The van der Waals surface area contributed by atoms with Gasteiger partial charge in [0.1, 0.15) is 11.2 Å². The predicted octanol–water partition coefficient (Wildman–Crippen LogP) is 3.44. The molecule has 0 radical (unpaired) electrons. The molecule has 1 aromatic rings. The number of halogens is 1. The van der Waals surface area contributed by atoms with Gasteiger partial charge < -0.3 is 9.80 Å². The molecule has 0 bridgehead atoms. The molecule has 0 N–H and O–H groups in total. The van der Waals surface area contributed by atoms with E-state index < -0.39 is 0 Å². The summed E-state index contributed by atoms with van der Waals surface area (Å²) in [4.78, 5) is 28.2. The van der Waals surface area contributed by atoms with E-state index in [9.17, 15) is 14.0 Å². The zero-order valence-corrected chi connectivity index (χ0v) is 15.3. The molecule has 2 rings (SSSR count). The molecule has 2 atom stereocenters. The molecule has 2 amide bonds. The quantitative estimate of drug-likeness (QED) is 0.755. The van der Waals surface area contributed by atoms with E-state index in [0.29, 0.717) is 26.1 Å². The Morgan fingerprint density at radius 1 is 1.25 bits per heavy atom. The molecule has 1 fully saturated rings. The normalized spacial score (nSPS) is 20.5. The van der Waals surface area contributed by atoms with Gasteiger partial charge in [-0.1, -0.05) is 26.0 Å². The zero-order valence-electron chi connectivity index (χ0n) is 14.5. The van der Waals surface area contributed by atoms with Gasteiger partial charge in [0, 0.05) is 26.1 Å². The van der Waals surface area contributed by atoms with Crippen LogP contribution < -0.4 is 0 Å². The predicted molar refractivity (Wildman–Crippen MR) is 95.1 cm³/mol. The lowest BCUT2D eigenvalue weighted by Crippen LogP contribution is -2.40. The second-order valence-electron chi connectivity index (χ2n) is 5.80. The van der Waals surface area contributed by atoms with E-state index in [2.05, 4.69) is 0 Å². The Bertz CT molecular complexity index is 579. The summed E-state index contributed by atoms with van der Waals surface area (Å²) in [6, 6.07) is 6.33. The summed E-state index contributed by atoms with van der Waals surface area (Å²) in [7, 11) is 0. The molecule has 0 saturated carbocycles. The molecule has 1 saturated heterocycles. The van der Waals surface area contributed by atoms with Gasteiger partial charge in [0.25, 0.3) is 0 Å². The van der Waals surface area contributed by atoms with Crippen molar-refractivity contribution >= 4 is 23.6 Å². The van der Waals surface area contributed by atoms with Crippen LogP contribution in [0.4, 0.5) is 4.39 Å². The van der Waals surface area contributed by atoms with Crippen LogP contribution >= 0.6 is 11.8 Å². The number of likely N-dealkylation sites (N-methyl/N-ethyl adjacent to an activating group) is 1. The standard InChI is InChI=1S/C18H25FN2O2S/c1-4-15-17(23)21(12-11-20(6-3)16(22)5-2)18(24-15)13-7-9-14(19)10-8-13/h7-10,15,18H,4-6,11-12H2,1-3H3/t15-,18+/m1/s1. The van der Waals surface area contributed by atoms with Gasteiger partial charge in [0.15, 0.2) is 0 Å². The Balaban J connectivity index is 2.15. The highest BCUT2D eigenvalue weighted by molar-refractivity contribution is 8.01. The Kier molecular flexibility index (Phi) is 6.66. The molecule has 1 aliphatic heterocycles. The van der Waals surface area contributed by atoms with Crippen LogP contribution in [0, 0.1) is 5.82 Å². The minimum atomic E-state index is -0.280.